The van der Waals surface area contributed by atoms with E-state index in [2.05, 4.69) is 0 Å². The third kappa shape index (κ3) is 8.73. The van der Waals surface area contributed by atoms with Gasteiger partial charge < -0.3 is 34.2 Å². The van der Waals surface area contributed by atoms with E-state index >= 15 is 0 Å². The van der Waals surface area contributed by atoms with Gasteiger partial charge in [-0.25, -0.2) is 0 Å². The molecular weight excluding hydrogens is 433 g/mol. The first-order valence-electron chi connectivity index (χ1n) is 10.0. The van der Waals surface area contributed by atoms with Crippen LogP contribution in [0.4, 0.5) is 0 Å². The van der Waals surface area contributed by atoms with Crippen molar-refractivity contribution in [1.82, 2.24) is 0 Å². The molecule has 0 aromatic rings. The van der Waals surface area contributed by atoms with E-state index in [0.717, 1.165) is 0 Å². The Hall–Kier alpha value is 0.548. The summed E-state index contributed by atoms with van der Waals surface area (Å²) in [6.07, 6.45) is -0.384. The van der Waals surface area contributed by atoms with Gasteiger partial charge in [0.2, 0.25) is 0 Å². The van der Waals surface area contributed by atoms with Crippen LogP contribution >= 0.6 is 0 Å². The summed E-state index contributed by atoms with van der Waals surface area (Å²) in [5.74, 6) is 0. The van der Waals surface area contributed by atoms with Crippen molar-refractivity contribution < 1.29 is 34.2 Å². The molecule has 0 radical (unpaired) electrons. The van der Waals surface area contributed by atoms with Gasteiger partial charge in [-0.05, 0) is 55.4 Å². The summed E-state index contributed by atoms with van der Waals surface area (Å²) in [5, 5.41) is 0. The standard InChI is InChI=1S/C16H40O8Si4/c1-13(2)17-25(9)21-26(10,18-14(3)4)23-28(12,20-16(7)8)24-27(11,22-25)19-15(5)6/h13-16H,1-12H3. The molecule has 0 bridgehead atoms. The first-order valence-corrected chi connectivity index (χ1v) is 18.9. The van der Waals surface area contributed by atoms with Gasteiger partial charge in [-0.3, -0.25) is 0 Å². The van der Waals surface area contributed by atoms with Crippen LogP contribution < -0.4 is 0 Å². The van der Waals surface area contributed by atoms with Crippen LogP contribution in [0.15, 0.2) is 0 Å². The molecule has 0 saturated carbocycles. The highest BCUT2D eigenvalue weighted by atomic mass is 28.6. The summed E-state index contributed by atoms with van der Waals surface area (Å²) in [4.78, 5) is 0. The Kier molecular flexibility index (Phi) is 9.29. The van der Waals surface area contributed by atoms with Crippen LogP contribution in [0.25, 0.3) is 0 Å². The molecule has 0 atom stereocenters. The van der Waals surface area contributed by atoms with Gasteiger partial charge >= 0.3 is 35.2 Å². The van der Waals surface area contributed by atoms with Gasteiger partial charge in [0.25, 0.3) is 0 Å². The molecule has 1 aliphatic heterocycles. The molecule has 168 valence electrons. The second-order valence-corrected chi connectivity index (χ2v) is 19.6. The van der Waals surface area contributed by atoms with E-state index in [1.807, 2.05) is 81.6 Å². The molecule has 1 aliphatic rings. The molecule has 0 amide bonds. The molecule has 1 fully saturated rings. The van der Waals surface area contributed by atoms with Gasteiger partial charge in [0.1, 0.15) is 0 Å². The van der Waals surface area contributed by atoms with E-state index in [4.69, 9.17) is 34.2 Å². The molecule has 1 saturated heterocycles. The van der Waals surface area contributed by atoms with Crippen molar-refractivity contribution in [2.24, 2.45) is 0 Å². The maximum absolute atomic E-state index is 6.46. The molecule has 0 unspecified atom stereocenters. The summed E-state index contributed by atoms with van der Waals surface area (Å²) >= 11 is 0. The van der Waals surface area contributed by atoms with E-state index in [-0.39, 0.29) is 24.4 Å². The van der Waals surface area contributed by atoms with Gasteiger partial charge in [-0.1, -0.05) is 0 Å². The zero-order chi connectivity index (χ0) is 22.0. The minimum absolute atomic E-state index is 0.0961. The third-order valence-electron chi connectivity index (χ3n) is 3.28. The Morgan fingerprint density at radius 1 is 0.393 bits per heavy atom. The average molecular weight is 473 g/mol. The van der Waals surface area contributed by atoms with Gasteiger partial charge in [0, 0.05) is 50.6 Å². The first kappa shape index (κ1) is 26.6. The minimum Gasteiger partial charge on any atom is -0.373 e. The Bertz CT molecular complexity index is 407. The normalized spacial score (nSPS) is 37.7. The second kappa shape index (κ2) is 9.78. The fourth-order valence-corrected chi connectivity index (χ4v) is 21.2. The van der Waals surface area contributed by atoms with Crippen LogP contribution in [0.3, 0.4) is 0 Å². The summed E-state index contributed by atoms with van der Waals surface area (Å²) in [7, 11) is -12.8. The molecule has 12 heteroatoms. The fraction of sp³-hybridized carbons (Fsp3) is 1.00. The molecular formula is C16H40O8Si4. The van der Waals surface area contributed by atoms with Gasteiger partial charge in [-0.2, -0.15) is 0 Å². The Balaban J connectivity index is 3.40. The van der Waals surface area contributed by atoms with E-state index in [0.29, 0.717) is 0 Å². The first-order chi connectivity index (χ1) is 12.5. The summed E-state index contributed by atoms with van der Waals surface area (Å²) < 4.78 is 50.4. The van der Waals surface area contributed by atoms with Crippen LogP contribution in [0.2, 0.25) is 26.2 Å². The van der Waals surface area contributed by atoms with E-state index in [9.17, 15) is 0 Å². The lowest BCUT2D eigenvalue weighted by atomic mass is 10.5. The SMILES string of the molecule is CC(C)O[Si]1(C)O[Si](C)(OC(C)C)O[Si](C)(OC(C)C)O[Si](C)(OC(C)C)O1. The average Bonchev–Trinajstić information content (AvgIpc) is 2.28. The predicted molar refractivity (Wildman–Crippen MR) is 116 cm³/mol. The van der Waals surface area contributed by atoms with Crippen molar-refractivity contribution in [2.75, 3.05) is 0 Å². The van der Waals surface area contributed by atoms with Gasteiger partial charge in [-0.15, -0.1) is 0 Å². The Morgan fingerprint density at radius 2 is 0.536 bits per heavy atom. The highest BCUT2D eigenvalue weighted by molar-refractivity contribution is 6.88. The molecule has 1 heterocycles. The largest absolute Gasteiger partial charge is 0.483 e. The lowest BCUT2D eigenvalue weighted by molar-refractivity contribution is -0.00330. The van der Waals surface area contributed by atoms with Crippen LogP contribution in [0.5, 0.6) is 0 Å². The smallest absolute Gasteiger partial charge is 0.373 e. The molecule has 0 aromatic heterocycles. The van der Waals surface area contributed by atoms with Crippen molar-refractivity contribution in [1.29, 1.82) is 0 Å². The van der Waals surface area contributed by atoms with Gasteiger partial charge in [0.05, 0.1) is 0 Å². The molecule has 1 rings (SSSR count). The molecule has 0 aliphatic carbocycles. The van der Waals surface area contributed by atoms with Crippen molar-refractivity contribution in [2.45, 2.75) is 106 Å². The number of rotatable bonds is 8. The lowest BCUT2D eigenvalue weighted by Gasteiger charge is -2.48. The highest BCUT2D eigenvalue weighted by Gasteiger charge is 2.63. The monoisotopic (exact) mass is 472 g/mol. The quantitative estimate of drug-likeness (QED) is 0.490. The molecule has 0 spiro atoms. The Morgan fingerprint density at radius 3 is 0.643 bits per heavy atom. The van der Waals surface area contributed by atoms with Crippen LogP contribution in [-0.2, 0) is 34.2 Å². The molecule has 8 nitrogen and oxygen atoms in total. The van der Waals surface area contributed by atoms with Crippen molar-refractivity contribution in [3.05, 3.63) is 0 Å². The van der Waals surface area contributed by atoms with E-state index in [1.165, 1.54) is 0 Å². The summed E-state index contributed by atoms with van der Waals surface area (Å²) in [5.41, 5.74) is 0. The molecule has 28 heavy (non-hydrogen) atoms. The maximum atomic E-state index is 6.46. The van der Waals surface area contributed by atoms with E-state index < -0.39 is 35.2 Å². The molecule has 0 N–H and O–H groups in total. The third-order valence-corrected chi connectivity index (χ3v) is 18.7. The topological polar surface area (TPSA) is 73.8 Å². The summed E-state index contributed by atoms with van der Waals surface area (Å²) in [6.45, 7) is 22.9. The van der Waals surface area contributed by atoms with Crippen LogP contribution in [0.1, 0.15) is 55.4 Å². The maximum Gasteiger partial charge on any atom is 0.483 e. The van der Waals surface area contributed by atoms with E-state index in [1.54, 1.807) is 0 Å². The zero-order valence-electron chi connectivity index (χ0n) is 19.6. The van der Waals surface area contributed by atoms with Crippen LogP contribution in [0, 0.1) is 0 Å². The van der Waals surface area contributed by atoms with Crippen molar-refractivity contribution in [3.63, 3.8) is 0 Å². The fourth-order valence-electron chi connectivity index (χ4n) is 3.34. The number of hydrogen-bond donors (Lipinski definition) is 0. The van der Waals surface area contributed by atoms with Crippen molar-refractivity contribution >= 4 is 35.2 Å². The Labute approximate surface area is 175 Å². The van der Waals surface area contributed by atoms with Crippen molar-refractivity contribution in [3.8, 4) is 0 Å². The molecule has 0 aromatic carbocycles. The second-order valence-electron chi connectivity index (χ2n) is 8.52. The van der Waals surface area contributed by atoms with Gasteiger partial charge in [0.15, 0.2) is 0 Å². The predicted octanol–water partition coefficient (Wildman–Crippen LogP) is 4.04. The number of hydrogen-bond acceptors (Lipinski definition) is 8. The van der Waals surface area contributed by atoms with Crippen LogP contribution in [-0.4, -0.2) is 59.6 Å². The minimum atomic E-state index is -3.20. The zero-order valence-corrected chi connectivity index (χ0v) is 23.6. The highest BCUT2D eigenvalue weighted by Crippen LogP contribution is 2.34. The lowest BCUT2D eigenvalue weighted by Crippen LogP contribution is -2.71. The summed E-state index contributed by atoms with van der Waals surface area (Å²) in [6, 6.07) is 0.